The quantitative estimate of drug-likeness (QED) is 0.717. The predicted molar refractivity (Wildman–Crippen MR) is 111 cm³/mol. The highest BCUT2D eigenvalue weighted by molar-refractivity contribution is 7.18. The average Bonchev–Trinajstić information content (AvgIpc) is 3.02. The highest BCUT2D eigenvalue weighted by atomic mass is 32.1. The number of benzene rings is 1. The van der Waals surface area contributed by atoms with Crippen LogP contribution in [0.15, 0.2) is 41.5 Å². The molecule has 0 bridgehead atoms. The third-order valence-corrected chi connectivity index (χ3v) is 7.01. The minimum absolute atomic E-state index is 0.225. The van der Waals surface area contributed by atoms with Gasteiger partial charge in [0.25, 0.3) is 5.56 Å². The van der Waals surface area contributed by atoms with Gasteiger partial charge < -0.3 is 5.11 Å². The van der Waals surface area contributed by atoms with E-state index in [-0.39, 0.29) is 11.0 Å². The SMILES string of the molecule is CC(C)(C)C1CCc2c(sc3ncn(C(C(=O)O)c4ccccc4)c(=O)c23)C1. The van der Waals surface area contributed by atoms with Crippen molar-refractivity contribution >= 4 is 27.5 Å². The number of nitrogens with zero attached hydrogens (tertiary/aromatic N) is 2. The van der Waals surface area contributed by atoms with E-state index in [1.54, 1.807) is 35.6 Å². The Morgan fingerprint density at radius 2 is 2.00 bits per heavy atom. The first-order valence-corrected chi connectivity index (χ1v) is 10.4. The van der Waals surface area contributed by atoms with Crippen LogP contribution in [0, 0.1) is 11.3 Å². The zero-order valence-corrected chi connectivity index (χ0v) is 17.1. The highest BCUT2D eigenvalue weighted by Gasteiger charge is 2.32. The molecule has 0 saturated heterocycles. The Morgan fingerprint density at radius 3 is 2.64 bits per heavy atom. The molecule has 1 N–H and O–H groups in total. The Hall–Kier alpha value is -2.47. The van der Waals surface area contributed by atoms with Crippen LogP contribution in [0.2, 0.25) is 0 Å². The molecule has 2 aromatic heterocycles. The minimum Gasteiger partial charge on any atom is -0.479 e. The summed E-state index contributed by atoms with van der Waals surface area (Å²) in [7, 11) is 0. The van der Waals surface area contributed by atoms with Crippen molar-refractivity contribution < 1.29 is 9.90 Å². The smallest absolute Gasteiger partial charge is 0.331 e. The highest BCUT2D eigenvalue weighted by Crippen LogP contribution is 2.42. The topological polar surface area (TPSA) is 72.2 Å². The molecule has 1 aliphatic rings. The van der Waals surface area contributed by atoms with Gasteiger partial charge in [-0.15, -0.1) is 11.3 Å². The van der Waals surface area contributed by atoms with Crippen LogP contribution in [-0.4, -0.2) is 20.6 Å². The van der Waals surface area contributed by atoms with Crippen molar-refractivity contribution in [2.24, 2.45) is 11.3 Å². The van der Waals surface area contributed by atoms with Crippen molar-refractivity contribution in [2.45, 2.75) is 46.1 Å². The number of carbonyl (C=O) groups is 1. The first kappa shape index (κ1) is 18.9. The summed E-state index contributed by atoms with van der Waals surface area (Å²) in [5.74, 6) is -0.488. The van der Waals surface area contributed by atoms with Gasteiger partial charge >= 0.3 is 5.97 Å². The Morgan fingerprint density at radius 1 is 1.29 bits per heavy atom. The van der Waals surface area contributed by atoms with Crippen LogP contribution in [-0.2, 0) is 17.6 Å². The standard InChI is InChI=1S/C22H24N2O3S/c1-22(2,3)14-9-10-15-16(11-14)28-19-17(15)20(25)24(12-23-19)18(21(26)27)13-7-5-4-6-8-13/h4-8,12,14,18H,9-11H2,1-3H3,(H,26,27). The van der Waals surface area contributed by atoms with E-state index < -0.39 is 12.0 Å². The van der Waals surface area contributed by atoms with Crippen molar-refractivity contribution in [3.63, 3.8) is 0 Å². The number of fused-ring (bicyclic) bond motifs is 3. The summed E-state index contributed by atoms with van der Waals surface area (Å²) in [5, 5.41) is 10.4. The van der Waals surface area contributed by atoms with Crippen LogP contribution in [0.1, 0.15) is 49.2 Å². The zero-order valence-electron chi connectivity index (χ0n) is 16.3. The summed E-state index contributed by atoms with van der Waals surface area (Å²) in [5.41, 5.74) is 1.61. The van der Waals surface area contributed by atoms with Crippen molar-refractivity contribution in [1.29, 1.82) is 0 Å². The maximum atomic E-state index is 13.3. The van der Waals surface area contributed by atoms with Gasteiger partial charge in [-0.25, -0.2) is 9.78 Å². The van der Waals surface area contributed by atoms with E-state index in [1.165, 1.54) is 15.8 Å². The van der Waals surface area contributed by atoms with Crippen LogP contribution in [0.3, 0.4) is 0 Å². The third-order valence-electron chi connectivity index (χ3n) is 5.85. The number of aliphatic carboxylic acids is 1. The van der Waals surface area contributed by atoms with E-state index >= 15 is 0 Å². The summed E-state index contributed by atoms with van der Waals surface area (Å²) < 4.78 is 1.27. The van der Waals surface area contributed by atoms with Gasteiger partial charge in [-0.2, -0.15) is 0 Å². The Bertz CT molecular complexity index is 1090. The molecule has 1 aromatic carbocycles. The van der Waals surface area contributed by atoms with Gasteiger partial charge in [-0.3, -0.25) is 9.36 Å². The molecule has 0 aliphatic heterocycles. The molecule has 0 spiro atoms. The molecule has 6 heteroatoms. The summed E-state index contributed by atoms with van der Waals surface area (Å²) in [6.45, 7) is 6.79. The summed E-state index contributed by atoms with van der Waals surface area (Å²) in [6, 6.07) is 7.77. The molecular weight excluding hydrogens is 372 g/mol. The molecule has 146 valence electrons. The van der Waals surface area contributed by atoms with Crippen LogP contribution >= 0.6 is 11.3 Å². The van der Waals surface area contributed by atoms with Crippen LogP contribution in [0.25, 0.3) is 10.2 Å². The van der Waals surface area contributed by atoms with Gasteiger partial charge in [-0.05, 0) is 41.7 Å². The first-order valence-electron chi connectivity index (χ1n) is 9.56. The molecule has 0 fully saturated rings. The second kappa shape index (κ2) is 6.85. The number of aromatic nitrogens is 2. The van der Waals surface area contributed by atoms with Gasteiger partial charge in [0.1, 0.15) is 11.2 Å². The number of aryl methyl sites for hydroxylation is 1. The van der Waals surface area contributed by atoms with Crippen LogP contribution in [0.5, 0.6) is 0 Å². The lowest BCUT2D eigenvalue weighted by Gasteiger charge is -2.33. The molecule has 0 saturated carbocycles. The molecule has 2 unspecified atom stereocenters. The van der Waals surface area contributed by atoms with E-state index in [0.717, 1.165) is 29.7 Å². The van der Waals surface area contributed by atoms with Gasteiger partial charge in [0.15, 0.2) is 6.04 Å². The molecule has 28 heavy (non-hydrogen) atoms. The van der Waals surface area contributed by atoms with E-state index in [0.29, 0.717) is 16.9 Å². The fourth-order valence-corrected chi connectivity index (χ4v) is 5.42. The first-order chi connectivity index (χ1) is 13.3. The zero-order chi connectivity index (χ0) is 20.1. The second-order valence-corrected chi connectivity index (χ2v) is 9.68. The molecule has 1 aliphatic carbocycles. The Kier molecular flexibility index (Phi) is 4.62. The van der Waals surface area contributed by atoms with E-state index in [4.69, 9.17) is 0 Å². The molecule has 0 radical (unpaired) electrons. The molecule has 5 nitrogen and oxygen atoms in total. The molecular formula is C22H24N2O3S. The van der Waals surface area contributed by atoms with Crippen LogP contribution < -0.4 is 5.56 Å². The van der Waals surface area contributed by atoms with Crippen LogP contribution in [0.4, 0.5) is 0 Å². The van der Waals surface area contributed by atoms with E-state index in [1.807, 2.05) is 6.07 Å². The molecule has 0 amide bonds. The Balaban J connectivity index is 1.84. The lowest BCUT2D eigenvalue weighted by Crippen LogP contribution is -2.31. The number of rotatable bonds is 3. The average molecular weight is 397 g/mol. The molecule has 4 rings (SSSR count). The van der Waals surface area contributed by atoms with Gasteiger partial charge in [0.2, 0.25) is 0 Å². The minimum atomic E-state index is -1.08. The maximum Gasteiger partial charge on any atom is 0.331 e. The molecule has 2 atom stereocenters. The molecule has 3 aromatic rings. The third kappa shape index (κ3) is 3.15. The van der Waals surface area contributed by atoms with Gasteiger partial charge in [0, 0.05) is 4.88 Å². The van der Waals surface area contributed by atoms with Crippen molar-refractivity contribution in [3.05, 3.63) is 63.0 Å². The second-order valence-electron chi connectivity index (χ2n) is 8.60. The maximum absolute atomic E-state index is 13.3. The number of carboxylic acid groups (broad SMARTS) is 1. The normalized spacial score (nSPS) is 18.0. The number of hydrogen-bond acceptors (Lipinski definition) is 4. The predicted octanol–water partition coefficient (Wildman–Crippen LogP) is 4.28. The number of carboxylic acids is 1. The summed E-state index contributed by atoms with van der Waals surface area (Å²) >= 11 is 1.59. The Labute approximate surface area is 167 Å². The largest absolute Gasteiger partial charge is 0.479 e. The lowest BCUT2D eigenvalue weighted by molar-refractivity contribution is -0.139. The van der Waals surface area contributed by atoms with E-state index in [9.17, 15) is 14.7 Å². The summed E-state index contributed by atoms with van der Waals surface area (Å²) in [6.07, 6.45) is 4.24. The summed E-state index contributed by atoms with van der Waals surface area (Å²) in [4.78, 5) is 31.7. The lowest BCUT2D eigenvalue weighted by atomic mass is 9.72. The monoisotopic (exact) mass is 396 g/mol. The van der Waals surface area contributed by atoms with Gasteiger partial charge in [-0.1, -0.05) is 51.1 Å². The van der Waals surface area contributed by atoms with Gasteiger partial charge in [0.05, 0.1) is 5.39 Å². The number of hydrogen-bond donors (Lipinski definition) is 1. The van der Waals surface area contributed by atoms with E-state index in [2.05, 4.69) is 25.8 Å². The van der Waals surface area contributed by atoms with Crippen molar-refractivity contribution in [1.82, 2.24) is 9.55 Å². The number of thiophene rings is 1. The van der Waals surface area contributed by atoms with Crippen molar-refractivity contribution in [3.8, 4) is 0 Å². The fraction of sp³-hybridized carbons (Fsp3) is 0.409. The fourth-order valence-electron chi connectivity index (χ4n) is 4.16. The van der Waals surface area contributed by atoms with Crippen molar-refractivity contribution in [2.75, 3.05) is 0 Å². The molecule has 2 heterocycles.